The van der Waals surface area contributed by atoms with Gasteiger partial charge in [-0.25, -0.2) is 4.39 Å². The van der Waals surface area contributed by atoms with Gasteiger partial charge in [0, 0.05) is 24.8 Å². The molecule has 2 N–H and O–H groups in total. The molecule has 0 radical (unpaired) electrons. The molecular weight excluding hydrogens is 295 g/mol. The summed E-state index contributed by atoms with van der Waals surface area (Å²) in [7, 11) is 1.59. The monoisotopic (exact) mass is 314 g/mol. The van der Waals surface area contributed by atoms with E-state index in [1.54, 1.807) is 25.2 Å². The molecule has 0 aliphatic heterocycles. The minimum Gasteiger partial charge on any atom is -0.384 e. The fourth-order valence-electron chi connectivity index (χ4n) is 2.38. The lowest BCUT2D eigenvalue weighted by atomic mass is 10.1. The zero-order chi connectivity index (χ0) is 16.8. The summed E-state index contributed by atoms with van der Waals surface area (Å²) in [6, 6.07) is 11.8. The third-order valence-electron chi connectivity index (χ3n) is 3.51. The molecule has 0 aliphatic rings. The topological polar surface area (TPSA) is 58.2 Å². The van der Waals surface area contributed by atoms with Gasteiger partial charge in [0.1, 0.15) is 5.82 Å². The molecule has 5 heteroatoms. The summed E-state index contributed by atoms with van der Waals surface area (Å²) in [5, 5.41) is 5.67. The molecule has 0 saturated carbocycles. The molecule has 0 heterocycles. The molecule has 4 nitrogen and oxygen atoms in total. The number of ketones is 1. The van der Waals surface area contributed by atoms with Crippen LogP contribution < -0.4 is 10.6 Å². The Morgan fingerprint density at radius 1 is 1.13 bits per heavy atom. The highest BCUT2D eigenvalue weighted by atomic mass is 19.1. The maximum absolute atomic E-state index is 13.7. The van der Waals surface area contributed by atoms with Crippen LogP contribution in [0.15, 0.2) is 42.5 Å². The van der Waals surface area contributed by atoms with Gasteiger partial charge in [-0.2, -0.15) is 0 Å². The fourth-order valence-corrected chi connectivity index (χ4v) is 2.38. The summed E-state index contributed by atoms with van der Waals surface area (Å²) >= 11 is 0. The summed E-state index contributed by atoms with van der Waals surface area (Å²) in [6.07, 6.45) is 0.651. The van der Waals surface area contributed by atoms with E-state index in [-0.39, 0.29) is 17.3 Å². The third-order valence-corrected chi connectivity index (χ3v) is 3.51. The standard InChI is InChI=1S/C18H19FN2O2/c1-12(22)17-15(19)7-4-8-16(17)21-10-9-13-5-3-6-14(11-13)18(23)20-2/h3-8,11,21H,9-10H2,1-2H3,(H,20,23). The molecular formula is C18H19FN2O2. The van der Waals surface area contributed by atoms with Gasteiger partial charge in [-0.1, -0.05) is 18.2 Å². The molecule has 0 bridgehead atoms. The molecule has 0 spiro atoms. The molecule has 2 rings (SSSR count). The average molecular weight is 314 g/mol. The quantitative estimate of drug-likeness (QED) is 0.806. The summed E-state index contributed by atoms with van der Waals surface area (Å²) in [4.78, 5) is 23.2. The van der Waals surface area contributed by atoms with Crippen LogP contribution in [0.2, 0.25) is 0 Å². The first-order valence-electron chi connectivity index (χ1n) is 7.37. The second-order valence-corrected chi connectivity index (χ2v) is 5.17. The largest absolute Gasteiger partial charge is 0.384 e. The van der Waals surface area contributed by atoms with E-state index in [2.05, 4.69) is 10.6 Å². The maximum Gasteiger partial charge on any atom is 0.251 e. The van der Waals surface area contributed by atoms with Crippen molar-refractivity contribution in [3.05, 3.63) is 65.0 Å². The first kappa shape index (κ1) is 16.7. The van der Waals surface area contributed by atoms with Gasteiger partial charge >= 0.3 is 0 Å². The molecule has 0 fully saturated rings. The third kappa shape index (κ3) is 4.16. The first-order valence-corrected chi connectivity index (χ1v) is 7.37. The van der Waals surface area contributed by atoms with Gasteiger partial charge in [0.2, 0.25) is 0 Å². The van der Waals surface area contributed by atoms with E-state index < -0.39 is 5.82 Å². The van der Waals surface area contributed by atoms with Gasteiger partial charge in [-0.3, -0.25) is 9.59 Å². The molecule has 1 amide bonds. The van der Waals surface area contributed by atoms with Crippen LogP contribution in [0.5, 0.6) is 0 Å². The van der Waals surface area contributed by atoms with Crippen LogP contribution in [0.25, 0.3) is 0 Å². The summed E-state index contributed by atoms with van der Waals surface area (Å²) < 4.78 is 13.7. The van der Waals surface area contributed by atoms with Crippen molar-refractivity contribution in [2.45, 2.75) is 13.3 Å². The van der Waals surface area contributed by atoms with Crippen molar-refractivity contribution in [3.8, 4) is 0 Å². The van der Waals surface area contributed by atoms with E-state index in [9.17, 15) is 14.0 Å². The molecule has 120 valence electrons. The second-order valence-electron chi connectivity index (χ2n) is 5.17. The number of Topliss-reactive ketones (excluding diaryl/α,β-unsaturated/α-hetero) is 1. The molecule has 0 aromatic heterocycles. The van der Waals surface area contributed by atoms with Crippen LogP contribution in [-0.2, 0) is 6.42 Å². The number of anilines is 1. The number of rotatable bonds is 6. The Hall–Kier alpha value is -2.69. The first-order chi connectivity index (χ1) is 11.0. The molecule has 0 unspecified atom stereocenters. The Balaban J connectivity index is 2.05. The van der Waals surface area contributed by atoms with Crippen molar-refractivity contribution in [2.24, 2.45) is 0 Å². The van der Waals surface area contributed by atoms with E-state index in [4.69, 9.17) is 0 Å². The Morgan fingerprint density at radius 3 is 2.57 bits per heavy atom. The van der Waals surface area contributed by atoms with Gasteiger partial charge in [-0.05, 0) is 43.2 Å². The normalized spacial score (nSPS) is 10.2. The lowest BCUT2D eigenvalue weighted by Crippen LogP contribution is -2.18. The number of carbonyl (C=O) groups is 2. The van der Waals surface area contributed by atoms with Crippen molar-refractivity contribution in [2.75, 3.05) is 18.9 Å². The fraction of sp³-hybridized carbons (Fsp3) is 0.222. The average Bonchev–Trinajstić information content (AvgIpc) is 2.54. The zero-order valence-electron chi connectivity index (χ0n) is 13.2. The highest BCUT2D eigenvalue weighted by Gasteiger charge is 2.12. The number of benzene rings is 2. The predicted octanol–water partition coefficient (Wildman–Crippen LogP) is 3.04. The van der Waals surface area contributed by atoms with E-state index in [1.165, 1.54) is 13.0 Å². The Kier molecular flexibility index (Phi) is 5.46. The van der Waals surface area contributed by atoms with E-state index in [1.807, 2.05) is 18.2 Å². The molecule has 2 aromatic rings. The van der Waals surface area contributed by atoms with Crippen LogP contribution in [0.3, 0.4) is 0 Å². The van der Waals surface area contributed by atoms with Gasteiger partial charge in [0.25, 0.3) is 5.91 Å². The van der Waals surface area contributed by atoms with Crippen LogP contribution in [0.4, 0.5) is 10.1 Å². The van der Waals surface area contributed by atoms with Gasteiger partial charge in [0.05, 0.1) is 5.56 Å². The zero-order valence-corrected chi connectivity index (χ0v) is 13.2. The van der Waals surface area contributed by atoms with Gasteiger partial charge in [-0.15, -0.1) is 0 Å². The van der Waals surface area contributed by atoms with Crippen molar-refractivity contribution < 1.29 is 14.0 Å². The molecule has 2 aromatic carbocycles. The molecule has 0 atom stereocenters. The van der Waals surface area contributed by atoms with Crippen molar-refractivity contribution in [3.63, 3.8) is 0 Å². The summed E-state index contributed by atoms with van der Waals surface area (Å²) in [5.74, 6) is -0.972. The van der Waals surface area contributed by atoms with Crippen molar-refractivity contribution in [1.29, 1.82) is 0 Å². The number of amides is 1. The highest BCUT2D eigenvalue weighted by molar-refractivity contribution is 5.99. The Bertz CT molecular complexity index is 729. The minimum atomic E-state index is -0.524. The van der Waals surface area contributed by atoms with Gasteiger partial charge in [0.15, 0.2) is 5.78 Å². The number of hydrogen-bond donors (Lipinski definition) is 2. The van der Waals surface area contributed by atoms with E-state index in [0.717, 1.165) is 5.56 Å². The molecule has 0 saturated heterocycles. The Morgan fingerprint density at radius 2 is 1.87 bits per heavy atom. The van der Waals surface area contributed by atoms with E-state index in [0.29, 0.717) is 24.2 Å². The lowest BCUT2D eigenvalue weighted by molar-refractivity contribution is 0.0961. The smallest absolute Gasteiger partial charge is 0.251 e. The number of nitrogens with one attached hydrogen (secondary N) is 2. The minimum absolute atomic E-state index is 0.0756. The summed E-state index contributed by atoms with van der Waals surface area (Å²) in [5.41, 5.74) is 2.14. The predicted molar refractivity (Wildman–Crippen MR) is 88.4 cm³/mol. The summed E-state index contributed by atoms with van der Waals surface area (Å²) in [6.45, 7) is 1.87. The number of halogens is 1. The maximum atomic E-state index is 13.7. The SMILES string of the molecule is CNC(=O)c1cccc(CCNc2cccc(F)c2C(C)=O)c1. The van der Waals surface area contributed by atoms with Crippen molar-refractivity contribution >= 4 is 17.4 Å². The molecule has 23 heavy (non-hydrogen) atoms. The second kappa shape index (κ2) is 7.54. The van der Waals surface area contributed by atoms with E-state index >= 15 is 0 Å². The Labute approximate surface area is 134 Å². The molecule has 0 aliphatic carbocycles. The van der Waals surface area contributed by atoms with Crippen LogP contribution in [0, 0.1) is 5.82 Å². The van der Waals surface area contributed by atoms with Crippen LogP contribution in [0.1, 0.15) is 33.2 Å². The van der Waals surface area contributed by atoms with Crippen LogP contribution >= 0.6 is 0 Å². The number of hydrogen-bond acceptors (Lipinski definition) is 3. The van der Waals surface area contributed by atoms with Gasteiger partial charge < -0.3 is 10.6 Å². The number of carbonyl (C=O) groups excluding carboxylic acids is 2. The van der Waals surface area contributed by atoms with Crippen molar-refractivity contribution in [1.82, 2.24) is 5.32 Å². The highest BCUT2D eigenvalue weighted by Crippen LogP contribution is 2.19. The van der Waals surface area contributed by atoms with Crippen LogP contribution in [-0.4, -0.2) is 25.3 Å². The lowest BCUT2D eigenvalue weighted by Gasteiger charge is -2.11.